The molecule has 0 aliphatic carbocycles. The molecule has 1 saturated heterocycles. The first-order valence-corrected chi connectivity index (χ1v) is 8.06. The third kappa shape index (κ3) is 3.70. The van der Waals surface area contributed by atoms with Gasteiger partial charge in [0.2, 0.25) is 0 Å². The minimum absolute atomic E-state index is 0.126. The van der Waals surface area contributed by atoms with Gasteiger partial charge in [-0.15, -0.1) is 0 Å². The smallest absolute Gasteiger partial charge is 0.283 e. The Morgan fingerprint density at radius 3 is 3.00 bits per heavy atom. The van der Waals surface area contributed by atoms with E-state index in [1.54, 1.807) is 6.07 Å². The summed E-state index contributed by atoms with van der Waals surface area (Å²) in [6.45, 7) is 3.87. The van der Waals surface area contributed by atoms with E-state index in [1.807, 2.05) is 17.8 Å². The molecule has 1 fully saturated rings. The number of nitro groups is 1. The van der Waals surface area contributed by atoms with Crippen molar-refractivity contribution in [2.24, 2.45) is 0 Å². The molecule has 1 aromatic carbocycles. The maximum absolute atomic E-state index is 10.9. The molecule has 0 amide bonds. The summed E-state index contributed by atoms with van der Waals surface area (Å²) < 4.78 is 0.893. The minimum Gasteiger partial charge on any atom is -0.311 e. The van der Waals surface area contributed by atoms with Crippen LogP contribution in [0.4, 0.5) is 5.69 Å². The summed E-state index contributed by atoms with van der Waals surface area (Å²) in [6.07, 6.45) is 2.52. The topological polar surface area (TPSA) is 55.2 Å². The summed E-state index contributed by atoms with van der Waals surface area (Å²) in [7, 11) is 0. The van der Waals surface area contributed by atoms with Crippen molar-refractivity contribution in [3.63, 3.8) is 0 Å². The largest absolute Gasteiger partial charge is 0.311 e. The summed E-state index contributed by atoms with van der Waals surface area (Å²) in [4.78, 5) is 10.5. The number of nitro benzene ring substituents is 1. The Hall–Kier alpha value is -0.590. The zero-order chi connectivity index (χ0) is 13.9. The van der Waals surface area contributed by atoms with Crippen LogP contribution in [-0.2, 0) is 6.54 Å². The Bertz CT molecular complexity index is 476. The lowest BCUT2D eigenvalue weighted by atomic mass is 10.1. The maximum Gasteiger partial charge on any atom is 0.283 e. The molecule has 0 radical (unpaired) electrons. The first-order chi connectivity index (χ1) is 9.02. The van der Waals surface area contributed by atoms with Crippen LogP contribution >= 0.6 is 27.7 Å². The highest BCUT2D eigenvalue weighted by Crippen LogP contribution is 2.37. The zero-order valence-corrected chi connectivity index (χ0v) is 13.2. The van der Waals surface area contributed by atoms with E-state index in [0.717, 1.165) is 12.1 Å². The molecule has 0 bridgehead atoms. The predicted octanol–water partition coefficient (Wildman–Crippen LogP) is 3.73. The quantitative estimate of drug-likeness (QED) is 0.653. The molecular weight excluding hydrogens is 328 g/mol. The second-order valence-corrected chi connectivity index (χ2v) is 7.49. The van der Waals surface area contributed by atoms with Gasteiger partial charge in [0.15, 0.2) is 0 Å². The Morgan fingerprint density at radius 2 is 2.37 bits per heavy atom. The average Bonchev–Trinajstić information content (AvgIpc) is 2.78. The summed E-state index contributed by atoms with van der Waals surface area (Å²) in [5.41, 5.74) is 1.06. The minimum atomic E-state index is -0.359. The number of rotatable bonds is 5. The summed E-state index contributed by atoms with van der Waals surface area (Å²) in [6, 6.07) is 5.15. The van der Waals surface area contributed by atoms with E-state index < -0.39 is 0 Å². The van der Waals surface area contributed by atoms with E-state index in [9.17, 15) is 10.1 Å². The lowest BCUT2D eigenvalue weighted by Gasteiger charge is -2.23. The second-order valence-electron chi connectivity index (χ2n) is 5.01. The maximum atomic E-state index is 10.9. The van der Waals surface area contributed by atoms with E-state index in [1.165, 1.54) is 24.7 Å². The fourth-order valence-electron chi connectivity index (χ4n) is 2.28. The molecule has 104 valence electrons. The highest BCUT2D eigenvalue weighted by Gasteiger charge is 2.28. The molecule has 0 saturated carbocycles. The predicted molar refractivity (Wildman–Crippen MR) is 82.6 cm³/mol. The van der Waals surface area contributed by atoms with Gasteiger partial charge in [-0.3, -0.25) is 10.1 Å². The van der Waals surface area contributed by atoms with Gasteiger partial charge in [0, 0.05) is 23.9 Å². The second kappa shape index (κ2) is 6.24. The van der Waals surface area contributed by atoms with Crippen molar-refractivity contribution < 1.29 is 4.92 Å². The van der Waals surface area contributed by atoms with Crippen LogP contribution in [0.1, 0.15) is 25.3 Å². The Kier molecular flexibility index (Phi) is 4.86. The van der Waals surface area contributed by atoms with Crippen LogP contribution in [0.25, 0.3) is 0 Å². The van der Waals surface area contributed by atoms with Gasteiger partial charge in [-0.1, -0.05) is 12.1 Å². The number of nitrogens with zero attached hydrogens (tertiary/aromatic N) is 1. The van der Waals surface area contributed by atoms with Crippen molar-refractivity contribution in [3.05, 3.63) is 38.3 Å². The molecule has 0 spiro atoms. The fourth-order valence-corrected chi connectivity index (χ4v) is 4.11. The Labute approximate surface area is 125 Å². The first kappa shape index (κ1) is 14.8. The van der Waals surface area contributed by atoms with Crippen molar-refractivity contribution >= 4 is 33.4 Å². The van der Waals surface area contributed by atoms with E-state index in [-0.39, 0.29) is 10.6 Å². The van der Waals surface area contributed by atoms with Crippen LogP contribution in [0.3, 0.4) is 0 Å². The highest BCUT2D eigenvalue weighted by atomic mass is 79.9. The van der Waals surface area contributed by atoms with Gasteiger partial charge in [-0.25, -0.2) is 0 Å². The van der Waals surface area contributed by atoms with Gasteiger partial charge in [0.05, 0.1) is 9.40 Å². The molecule has 4 nitrogen and oxygen atoms in total. The summed E-state index contributed by atoms with van der Waals surface area (Å²) in [5, 5.41) is 14.3. The number of hydrogen-bond donors (Lipinski definition) is 1. The standard InChI is InChI=1S/C13H17BrN2O2S/c1-13(6-3-7-19-13)9-15-8-10-4-2-5-11(12(10)14)16(17)18/h2,4-5,15H,3,6-9H2,1H3. The van der Waals surface area contributed by atoms with Gasteiger partial charge in [0.1, 0.15) is 0 Å². The molecule has 1 aliphatic rings. The molecule has 1 aromatic rings. The van der Waals surface area contributed by atoms with Crippen LogP contribution in [0, 0.1) is 10.1 Å². The van der Waals surface area contributed by atoms with Crippen molar-refractivity contribution in [1.29, 1.82) is 0 Å². The van der Waals surface area contributed by atoms with Crippen LogP contribution in [-0.4, -0.2) is 22.0 Å². The fraction of sp³-hybridized carbons (Fsp3) is 0.538. The molecule has 1 heterocycles. The summed E-state index contributed by atoms with van der Waals surface area (Å²) in [5.74, 6) is 1.23. The molecule has 6 heteroatoms. The average molecular weight is 345 g/mol. The van der Waals surface area contributed by atoms with Gasteiger partial charge in [0.25, 0.3) is 5.69 Å². The molecule has 0 aromatic heterocycles. The molecule has 1 N–H and O–H groups in total. The lowest BCUT2D eigenvalue weighted by molar-refractivity contribution is -0.385. The van der Waals surface area contributed by atoms with Crippen LogP contribution < -0.4 is 5.32 Å². The number of benzene rings is 1. The van der Waals surface area contributed by atoms with Crippen LogP contribution in [0.5, 0.6) is 0 Å². The van der Waals surface area contributed by atoms with E-state index in [2.05, 4.69) is 28.2 Å². The zero-order valence-electron chi connectivity index (χ0n) is 10.8. The molecule has 2 rings (SSSR count). The van der Waals surface area contributed by atoms with E-state index >= 15 is 0 Å². The Morgan fingerprint density at radius 1 is 1.58 bits per heavy atom. The van der Waals surface area contributed by atoms with Gasteiger partial charge in [-0.2, -0.15) is 11.8 Å². The molecule has 19 heavy (non-hydrogen) atoms. The monoisotopic (exact) mass is 344 g/mol. The van der Waals surface area contributed by atoms with Gasteiger partial charge in [-0.05, 0) is 47.0 Å². The van der Waals surface area contributed by atoms with E-state index in [0.29, 0.717) is 15.8 Å². The lowest BCUT2D eigenvalue weighted by Crippen LogP contribution is -2.32. The van der Waals surface area contributed by atoms with Gasteiger partial charge < -0.3 is 5.32 Å². The van der Waals surface area contributed by atoms with Crippen molar-refractivity contribution in [3.8, 4) is 0 Å². The summed E-state index contributed by atoms with van der Waals surface area (Å²) >= 11 is 5.33. The third-order valence-electron chi connectivity index (χ3n) is 3.37. The Balaban J connectivity index is 1.96. The van der Waals surface area contributed by atoms with Crippen molar-refractivity contribution in [2.45, 2.75) is 31.1 Å². The highest BCUT2D eigenvalue weighted by molar-refractivity contribution is 9.10. The molecule has 1 atom stereocenters. The first-order valence-electron chi connectivity index (χ1n) is 6.28. The molecular formula is C13H17BrN2O2S. The van der Waals surface area contributed by atoms with Gasteiger partial charge >= 0.3 is 0 Å². The SMILES string of the molecule is CC1(CNCc2cccc([N+](=O)[O-])c2Br)CCCS1. The number of halogens is 1. The van der Waals surface area contributed by atoms with Crippen LogP contribution in [0.15, 0.2) is 22.7 Å². The number of thioether (sulfide) groups is 1. The normalized spacial score (nSPS) is 22.6. The van der Waals surface area contributed by atoms with Crippen LogP contribution in [0.2, 0.25) is 0 Å². The van der Waals surface area contributed by atoms with Crippen molar-refractivity contribution in [1.82, 2.24) is 5.32 Å². The third-order valence-corrected chi connectivity index (χ3v) is 5.82. The van der Waals surface area contributed by atoms with Crippen molar-refractivity contribution in [2.75, 3.05) is 12.3 Å². The molecule has 1 aliphatic heterocycles. The molecule has 1 unspecified atom stereocenters. The van der Waals surface area contributed by atoms with E-state index in [4.69, 9.17) is 0 Å². The number of hydrogen-bond acceptors (Lipinski definition) is 4. The number of nitrogens with one attached hydrogen (secondary N) is 1.